The molecule has 0 bridgehead atoms. The van der Waals surface area contributed by atoms with Gasteiger partial charge in [-0.2, -0.15) is 11.8 Å². The number of benzene rings is 2. The first-order valence-corrected chi connectivity index (χ1v) is 27.1. The van der Waals surface area contributed by atoms with Crippen LogP contribution in [0.5, 0.6) is 0 Å². The van der Waals surface area contributed by atoms with Gasteiger partial charge in [-0.05, 0) is 98.8 Å². The maximum Gasteiger partial charge on any atom is 0.117 e. The molecule has 9 unspecified atom stereocenters. The topological polar surface area (TPSA) is 114 Å². The molecule has 1 heterocycles. The normalized spacial score (nSPS) is 17.5. The maximum atomic E-state index is 7.22. The molecule has 10 heteroatoms. The third kappa shape index (κ3) is 19.1. The van der Waals surface area contributed by atoms with Gasteiger partial charge < -0.3 is 42.5 Å². The van der Waals surface area contributed by atoms with Crippen molar-refractivity contribution in [1.82, 2.24) is 36.8 Å². The summed E-state index contributed by atoms with van der Waals surface area (Å²) >= 11 is 1.84. The van der Waals surface area contributed by atoms with Crippen LogP contribution >= 0.6 is 11.8 Å². The number of nitrogens with one attached hydrogen (secondary N) is 6. The van der Waals surface area contributed by atoms with E-state index < -0.39 is 0 Å². The van der Waals surface area contributed by atoms with E-state index in [-0.39, 0.29) is 54.3 Å². The highest BCUT2D eigenvalue weighted by Gasteiger charge is 2.34. The Hall–Kier alpha value is -4.80. The second kappa shape index (κ2) is 30.1. The van der Waals surface area contributed by atoms with Crippen molar-refractivity contribution >= 4 is 17.6 Å². The van der Waals surface area contributed by atoms with Gasteiger partial charge in [-0.3, -0.25) is 4.99 Å². The molecule has 382 valence electrons. The molecule has 3 rings (SSSR count). The number of thioether (sulfide) groups is 1. The number of amidine groups is 1. The molecule has 2 aromatic carbocycles. The van der Waals surface area contributed by atoms with Gasteiger partial charge in [0.05, 0.1) is 36.3 Å². The lowest BCUT2D eigenvalue weighted by Gasteiger charge is -2.37. The van der Waals surface area contributed by atoms with Gasteiger partial charge in [0.2, 0.25) is 0 Å². The Morgan fingerprint density at radius 2 is 1.26 bits per heavy atom. The molecule has 9 atom stereocenters. The molecule has 2 aromatic rings. The zero-order valence-electron chi connectivity index (χ0n) is 44.7. The Labute approximate surface area is 425 Å². The zero-order valence-corrected chi connectivity index (χ0v) is 45.5. The first-order valence-electron chi connectivity index (χ1n) is 25.7. The van der Waals surface area contributed by atoms with Crippen LogP contribution in [0.2, 0.25) is 0 Å². The van der Waals surface area contributed by atoms with Crippen LogP contribution in [0.3, 0.4) is 0 Å². The van der Waals surface area contributed by atoms with Crippen molar-refractivity contribution in [2.24, 2.45) is 34.4 Å². The average molecular weight is 963 g/mol. The van der Waals surface area contributed by atoms with Crippen molar-refractivity contribution < 1.29 is 0 Å². The number of aliphatic imine (C=N–C) groups is 1. The van der Waals surface area contributed by atoms with E-state index in [4.69, 9.17) is 17.3 Å². The van der Waals surface area contributed by atoms with Crippen LogP contribution in [0, 0.1) is 23.7 Å². The predicted octanol–water partition coefficient (Wildman–Crippen LogP) is 10.9. The fourth-order valence-corrected chi connectivity index (χ4v) is 9.73. The molecular weight excluding hydrogens is 867 g/mol. The maximum absolute atomic E-state index is 7.22. The van der Waals surface area contributed by atoms with E-state index in [1.165, 1.54) is 11.1 Å². The summed E-state index contributed by atoms with van der Waals surface area (Å²) < 4.78 is 0. The summed E-state index contributed by atoms with van der Waals surface area (Å²) in [5, 5.41) is 22.5. The molecule has 1 fully saturated rings. The van der Waals surface area contributed by atoms with Gasteiger partial charge in [-0.15, -0.1) is 6.58 Å². The van der Waals surface area contributed by atoms with E-state index in [1.807, 2.05) is 24.9 Å². The van der Waals surface area contributed by atoms with Crippen molar-refractivity contribution in [3.05, 3.63) is 158 Å². The number of likely N-dealkylation sites (N-methyl/N-ethyl adjacent to an activating group) is 1. The summed E-state index contributed by atoms with van der Waals surface area (Å²) in [6.07, 6.45) is 11.2. The Balaban J connectivity index is 1.94. The minimum Gasteiger partial charge on any atom is -0.386 e. The molecule has 0 aromatic heterocycles. The predicted molar refractivity (Wildman–Crippen MR) is 304 cm³/mol. The van der Waals surface area contributed by atoms with E-state index in [0.29, 0.717) is 30.0 Å². The van der Waals surface area contributed by atoms with Crippen LogP contribution in [-0.4, -0.2) is 84.7 Å². The highest BCUT2D eigenvalue weighted by atomic mass is 32.2. The Kier molecular flexibility index (Phi) is 25.5. The van der Waals surface area contributed by atoms with Gasteiger partial charge in [0.25, 0.3) is 0 Å². The van der Waals surface area contributed by atoms with Crippen LogP contribution < -0.4 is 37.6 Å². The molecule has 0 radical (unpaired) electrons. The van der Waals surface area contributed by atoms with Crippen molar-refractivity contribution in [3.63, 3.8) is 0 Å². The number of rotatable bonds is 35. The minimum atomic E-state index is -0.264. The molecule has 8 N–H and O–H groups in total. The molecule has 0 aliphatic carbocycles. The number of nitrogens with two attached hydrogens (primary N) is 1. The standard InChI is InChI=1S/C59H95N9S/c1-18-42(9)58(47(14)62-51(19-2)32-34-69-17)66-45(12)54(37-49-27-22-20-23-28-49)63-44(11)53(36-40(5)6)67-59(60)56-31-26-33-68(56)48(15)55(38-50-29-24-21-25-30-50)64-46(13)57(41(7)8)65-43(10)52(61-16)35-39(3)4/h19-25,27-30,39-42,51-58,61-66H,2,10-15,18,26,31-38H2,1,3-9,16-17H3,(H2,60,67). The Morgan fingerprint density at radius 1 is 0.725 bits per heavy atom. The first-order chi connectivity index (χ1) is 32.8. The minimum absolute atomic E-state index is 0.0427. The van der Waals surface area contributed by atoms with Crippen LogP contribution in [0.15, 0.2) is 152 Å². The van der Waals surface area contributed by atoms with E-state index in [1.54, 1.807) is 0 Å². The summed E-state index contributed by atoms with van der Waals surface area (Å²) in [4.78, 5) is 7.76. The van der Waals surface area contributed by atoms with Gasteiger partial charge in [0.1, 0.15) is 5.84 Å². The molecule has 1 saturated heterocycles. The lowest BCUT2D eigenvalue weighted by molar-refractivity contribution is 0.332. The van der Waals surface area contributed by atoms with Gasteiger partial charge >= 0.3 is 0 Å². The van der Waals surface area contributed by atoms with Crippen LogP contribution in [0.25, 0.3) is 0 Å². The zero-order chi connectivity index (χ0) is 51.2. The molecule has 0 spiro atoms. The summed E-state index contributed by atoms with van der Waals surface area (Å²) in [6.45, 7) is 50.7. The van der Waals surface area contributed by atoms with E-state index >= 15 is 0 Å². The summed E-state index contributed by atoms with van der Waals surface area (Å²) in [7, 11) is 2.00. The summed E-state index contributed by atoms with van der Waals surface area (Å²) in [5.41, 5.74) is 15.1. The Morgan fingerprint density at radius 3 is 1.78 bits per heavy atom. The van der Waals surface area contributed by atoms with E-state index in [2.05, 4.69) is 199 Å². The third-order valence-electron chi connectivity index (χ3n) is 13.5. The van der Waals surface area contributed by atoms with Gasteiger partial charge in [0.15, 0.2) is 0 Å². The second-order valence-electron chi connectivity index (χ2n) is 20.6. The third-order valence-corrected chi connectivity index (χ3v) is 14.2. The molecule has 0 amide bonds. The average Bonchev–Trinajstić information content (AvgIpc) is 3.82. The smallest absolute Gasteiger partial charge is 0.117 e. The van der Waals surface area contributed by atoms with Crippen molar-refractivity contribution in [1.29, 1.82) is 0 Å². The number of nitrogens with zero attached hydrogens (tertiary/aromatic N) is 2. The van der Waals surface area contributed by atoms with Crippen molar-refractivity contribution in [2.45, 2.75) is 155 Å². The first kappa shape index (κ1) is 58.5. The van der Waals surface area contributed by atoms with Crippen molar-refractivity contribution in [2.75, 3.05) is 25.6 Å². The highest BCUT2D eigenvalue weighted by molar-refractivity contribution is 7.98. The van der Waals surface area contributed by atoms with Crippen LogP contribution in [-0.2, 0) is 12.8 Å². The molecule has 69 heavy (non-hydrogen) atoms. The van der Waals surface area contributed by atoms with Gasteiger partial charge in [0, 0.05) is 52.8 Å². The SMILES string of the molecule is C=CC(CCSC)NC(=C)C(NC(=C)C(Cc1ccccc1)NC(=C)C(CC(C)C)N=C(N)C1CCCN1C(=C)C(Cc1ccccc1)NC(=C)C(NC(=C)C(CC(C)C)NC)C(C)C)C(C)CC. The van der Waals surface area contributed by atoms with Gasteiger partial charge in [-0.1, -0.05) is 168 Å². The fraction of sp³-hybridized carbons (Fsp3) is 0.542. The fourth-order valence-electron chi connectivity index (χ4n) is 9.24. The summed E-state index contributed by atoms with van der Waals surface area (Å²) in [5.74, 6) is 3.09. The van der Waals surface area contributed by atoms with E-state index in [0.717, 1.165) is 91.4 Å². The Bertz CT molecular complexity index is 1960. The largest absolute Gasteiger partial charge is 0.386 e. The van der Waals surface area contributed by atoms with Crippen LogP contribution in [0.1, 0.15) is 105 Å². The lowest BCUT2D eigenvalue weighted by atomic mass is 9.94. The number of likely N-dealkylation sites (tertiary alicyclic amines) is 1. The van der Waals surface area contributed by atoms with Crippen molar-refractivity contribution in [3.8, 4) is 0 Å². The van der Waals surface area contributed by atoms with Gasteiger partial charge in [-0.25, -0.2) is 0 Å². The van der Waals surface area contributed by atoms with Crippen LogP contribution in [0.4, 0.5) is 0 Å². The lowest BCUT2D eigenvalue weighted by Crippen LogP contribution is -2.50. The molecule has 1 aliphatic heterocycles. The molecule has 0 saturated carbocycles. The summed E-state index contributed by atoms with van der Waals surface area (Å²) in [6, 6.07) is 20.7. The molecular formula is C59H95N9S. The molecule has 9 nitrogen and oxygen atoms in total. The van der Waals surface area contributed by atoms with E-state index in [9.17, 15) is 0 Å². The highest BCUT2D eigenvalue weighted by Crippen LogP contribution is 2.28. The molecule has 1 aliphatic rings. The quantitative estimate of drug-likeness (QED) is 0.0206. The number of hydrogen-bond acceptors (Lipinski definition) is 9. The number of hydrogen-bond donors (Lipinski definition) is 7. The second-order valence-corrected chi connectivity index (χ2v) is 21.5. The monoisotopic (exact) mass is 962 g/mol.